The summed E-state index contributed by atoms with van der Waals surface area (Å²) in [6.45, 7) is 11.1. The summed E-state index contributed by atoms with van der Waals surface area (Å²) < 4.78 is 0. The van der Waals surface area contributed by atoms with Crippen LogP contribution in [0.4, 0.5) is 0 Å². The zero-order valence-electron chi connectivity index (χ0n) is 9.26. The number of likely N-dealkylation sites (tertiary alicyclic amines) is 1. The fraction of sp³-hybridized carbons (Fsp3) is 0.909. The molecule has 0 aliphatic carbocycles. The monoisotopic (exact) mass is 183 g/mol. The van der Waals surface area contributed by atoms with E-state index in [9.17, 15) is 4.79 Å². The third kappa shape index (κ3) is 2.04. The number of carbonyl (C=O) groups is 1. The van der Waals surface area contributed by atoms with E-state index in [0.29, 0.717) is 10.8 Å². The van der Waals surface area contributed by atoms with Crippen molar-refractivity contribution in [2.24, 2.45) is 10.8 Å². The number of amides is 1. The lowest BCUT2D eigenvalue weighted by Gasteiger charge is -2.47. The van der Waals surface area contributed by atoms with Crippen LogP contribution in [0.2, 0.25) is 0 Å². The highest BCUT2D eigenvalue weighted by Gasteiger charge is 2.39. The molecule has 0 radical (unpaired) electrons. The van der Waals surface area contributed by atoms with Crippen molar-refractivity contribution in [2.45, 2.75) is 40.5 Å². The van der Waals surface area contributed by atoms with Crippen molar-refractivity contribution in [3.8, 4) is 0 Å². The molecular weight excluding hydrogens is 162 g/mol. The second-order valence-electron chi connectivity index (χ2n) is 5.45. The van der Waals surface area contributed by atoms with Gasteiger partial charge in [0.1, 0.15) is 0 Å². The Morgan fingerprint density at radius 3 is 2.00 bits per heavy atom. The Morgan fingerprint density at radius 1 is 1.23 bits per heavy atom. The summed E-state index contributed by atoms with van der Waals surface area (Å²) in [6.07, 6.45) is 3.24. The smallest absolute Gasteiger partial charge is 0.209 e. The highest BCUT2D eigenvalue weighted by Crippen LogP contribution is 2.45. The van der Waals surface area contributed by atoms with Gasteiger partial charge in [0.25, 0.3) is 0 Å². The molecule has 1 saturated heterocycles. The van der Waals surface area contributed by atoms with E-state index in [1.807, 2.05) is 4.90 Å². The summed E-state index contributed by atoms with van der Waals surface area (Å²) >= 11 is 0. The van der Waals surface area contributed by atoms with Gasteiger partial charge in [-0.25, -0.2) is 0 Å². The summed E-state index contributed by atoms with van der Waals surface area (Å²) in [5.41, 5.74) is 0.745. The van der Waals surface area contributed by atoms with Crippen molar-refractivity contribution < 1.29 is 4.79 Å². The third-order valence-corrected chi connectivity index (χ3v) is 3.86. The molecule has 0 N–H and O–H groups in total. The Hall–Kier alpha value is -0.530. The molecule has 0 bridgehead atoms. The van der Waals surface area contributed by atoms with Crippen molar-refractivity contribution in [3.63, 3.8) is 0 Å². The minimum atomic E-state index is 0.349. The number of carbonyl (C=O) groups excluding carboxylic acids is 1. The molecule has 1 aliphatic heterocycles. The van der Waals surface area contributed by atoms with Crippen molar-refractivity contribution in [1.29, 1.82) is 0 Å². The number of hydrogen-bond acceptors (Lipinski definition) is 1. The Balaban J connectivity index is 2.61. The first-order valence-corrected chi connectivity index (χ1v) is 5.08. The Labute approximate surface area is 81.3 Å². The molecule has 0 aromatic rings. The van der Waals surface area contributed by atoms with Gasteiger partial charge in [-0.3, -0.25) is 4.79 Å². The van der Waals surface area contributed by atoms with Crippen molar-refractivity contribution in [1.82, 2.24) is 4.90 Å². The standard InChI is InChI=1S/C11H21NO/c1-10(2,3)11(4)5-7-12(9-13)8-6-11/h9H,5-8H2,1-4H3. The topological polar surface area (TPSA) is 20.3 Å². The van der Waals surface area contributed by atoms with E-state index in [4.69, 9.17) is 0 Å². The van der Waals surface area contributed by atoms with Crippen LogP contribution in [0, 0.1) is 10.8 Å². The molecule has 76 valence electrons. The first-order chi connectivity index (χ1) is 5.89. The van der Waals surface area contributed by atoms with Crippen LogP contribution in [0.5, 0.6) is 0 Å². The van der Waals surface area contributed by atoms with Gasteiger partial charge in [0.15, 0.2) is 0 Å². The van der Waals surface area contributed by atoms with Gasteiger partial charge in [0.2, 0.25) is 6.41 Å². The van der Waals surface area contributed by atoms with Crippen LogP contribution in [-0.4, -0.2) is 24.4 Å². The SMILES string of the molecule is CC(C)(C)C1(C)CCN(C=O)CC1. The molecule has 1 amide bonds. The quantitative estimate of drug-likeness (QED) is 0.571. The summed E-state index contributed by atoms with van der Waals surface area (Å²) in [5.74, 6) is 0. The van der Waals surface area contributed by atoms with Gasteiger partial charge in [-0.1, -0.05) is 27.7 Å². The van der Waals surface area contributed by atoms with Gasteiger partial charge in [-0.05, 0) is 23.7 Å². The number of rotatable bonds is 1. The zero-order chi connectivity index (χ0) is 10.1. The Bertz CT molecular complexity index is 185. The largest absolute Gasteiger partial charge is 0.345 e. The molecule has 0 saturated carbocycles. The molecule has 2 nitrogen and oxygen atoms in total. The minimum Gasteiger partial charge on any atom is -0.345 e. The van der Waals surface area contributed by atoms with Crippen LogP contribution in [0.25, 0.3) is 0 Å². The molecule has 0 spiro atoms. The van der Waals surface area contributed by atoms with Gasteiger partial charge >= 0.3 is 0 Å². The first-order valence-electron chi connectivity index (χ1n) is 5.08. The molecule has 0 aromatic heterocycles. The predicted octanol–water partition coefficient (Wildman–Crippen LogP) is 2.29. The molecule has 1 aliphatic rings. The van der Waals surface area contributed by atoms with Crippen LogP contribution < -0.4 is 0 Å². The van der Waals surface area contributed by atoms with Gasteiger partial charge in [-0.15, -0.1) is 0 Å². The molecule has 0 aromatic carbocycles. The maximum atomic E-state index is 10.5. The van der Waals surface area contributed by atoms with Gasteiger partial charge in [0.05, 0.1) is 0 Å². The van der Waals surface area contributed by atoms with E-state index in [1.165, 1.54) is 0 Å². The van der Waals surface area contributed by atoms with Gasteiger partial charge in [0, 0.05) is 13.1 Å². The molecule has 1 rings (SSSR count). The fourth-order valence-corrected chi connectivity index (χ4v) is 1.87. The van der Waals surface area contributed by atoms with E-state index in [0.717, 1.165) is 32.3 Å². The lowest BCUT2D eigenvalue weighted by atomic mass is 9.63. The van der Waals surface area contributed by atoms with Crippen molar-refractivity contribution in [2.75, 3.05) is 13.1 Å². The molecule has 0 atom stereocenters. The summed E-state index contributed by atoms with van der Waals surface area (Å²) in [6, 6.07) is 0. The number of nitrogens with zero attached hydrogens (tertiary/aromatic N) is 1. The summed E-state index contributed by atoms with van der Waals surface area (Å²) in [7, 11) is 0. The molecule has 1 fully saturated rings. The molecular formula is C11H21NO. The second-order valence-corrected chi connectivity index (χ2v) is 5.45. The molecule has 1 heterocycles. The fourth-order valence-electron chi connectivity index (χ4n) is 1.87. The third-order valence-electron chi connectivity index (χ3n) is 3.86. The summed E-state index contributed by atoms with van der Waals surface area (Å²) in [5, 5.41) is 0. The Kier molecular flexibility index (Phi) is 2.69. The lowest BCUT2D eigenvalue weighted by Crippen LogP contribution is -2.44. The van der Waals surface area contributed by atoms with E-state index in [2.05, 4.69) is 27.7 Å². The van der Waals surface area contributed by atoms with Crippen molar-refractivity contribution >= 4 is 6.41 Å². The number of hydrogen-bond donors (Lipinski definition) is 0. The second kappa shape index (κ2) is 3.32. The van der Waals surface area contributed by atoms with E-state index < -0.39 is 0 Å². The first kappa shape index (κ1) is 10.6. The minimum absolute atomic E-state index is 0.349. The average molecular weight is 183 g/mol. The molecule has 2 heteroatoms. The van der Waals surface area contributed by atoms with E-state index >= 15 is 0 Å². The van der Waals surface area contributed by atoms with E-state index in [-0.39, 0.29) is 0 Å². The van der Waals surface area contributed by atoms with E-state index in [1.54, 1.807) is 0 Å². The predicted molar refractivity (Wildman–Crippen MR) is 54.4 cm³/mol. The van der Waals surface area contributed by atoms with Crippen LogP contribution in [0.3, 0.4) is 0 Å². The normalized spacial score (nSPS) is 22.9. The maximum Gasteiger partial charge on any atom is 0.209 e. The average Bonchev–Trinajstić information content (AvgIpc) is 2.04. The molecule has 13 heavy (non-hydrogen) atoms. The Morgan fingerprint density at radius 2 is 1.69 bits per heavy atom. The maximum absolute atomic E-state index is 10.5. The number of piperidine rings is 1. The molecule has 0 unspecified atom stereocenters. The van der Waals surface area contributed by atoms with Crippen molar-refractivity contribution in [3.05, 3.63) is 0 Å². The lowest BCUT2D eigenvalue weighted by molar-refractivity contribution is -0.121. The summed E-state index contributed by atoms with van der Waals surface area (Å²) in [4.78, 5) is 12.4. The van der Waals surface area contributed by atoms with Gasteiger partial charge in [-0.2, -0.15) is 0 Å². The zero-order valence-corrected chi connectivity index (χ0v) is 9.26. The highest BCUT2D eigenvalue weighted by atomic mass is 16.1. The highest BCUT2D eigenvalue weighted by molar-refractivity contribution is 5.47. The van der Waals surface area contributed by atoms with Crippen LogP contribution >= 0.6 is 0 Å². The van der Waals surface area contributed by atoms with Crippen LogP contribution in [-0.2, 0) is 4.79 Å². The van der Waals surface area contributed by atoms with Gasteiger partial charge < -0.3 is 4.90 Å². The van der Waals surface area contributed by atoms with Crippen LogP contribution in [0.1, 0.15) is 40.5 Å². The van der Waals surface area contributed by atoms with Crippen LogP contribution in [0.15, 0.2) is 0 Å².